The summed E-state index contributed by atoms with van der Waals surface area (Å²) in [5, 5.41) is 44.4. The fourth-order valence-corrected chi connectivity index (χ4v) is 1.15. The molecule has 1 saturated heterocycles. The first-order valence-corrected chi connectivity index (χ1v) is 3.72. The molecule has 0 aromatic heterocycles. The molecular weight excluding hydrogens is 184 g/mol. The van der Waals surface area contributed by atoms with Gasteiger partial charge in [0.25, 0.3) is 0 Å². The van der Waals surface area contributed by atoms with Gasteiger partial charge >= 0.3 is 0 Å². The number of ether oxygens (including phenoxy) is 1. The Bertz CT molecular complexity index is 143. The Balaban J connectivity index is 2.66. The molecule has 5 N–H and O–H groups in total. The minimum atomic E-state index is -1.55. The van der Waals surface area contributed by atoms with Crippen molar-refractivity contribution in [2.75, 3.05) is 6.61 Å². The molecule has 0 radical (unpaired) electrons. The predicted molar refractivity (Wildman–Crippen MR) is 37.5 cm³/mol. The third kappa shape index (κ3) is 1.97. The maximum absolute atomic E-state index is 9.19. The van der Waals surface area contributed by atoms with E-state index in [1.807, 2.05) is 0 Å². The van der Waals surface area contributed by atoms with Crippen LogP contribution in [0.1, 0.15) is 0 Å². The summed E-state index contributed by atoms with van der Waals surface area (Å²) in [6, 6.07) is 0. The smallest absolute Gasteiger partial charge is 0.220 e. The number of hydrogen-bond acceptors (Lipinski definition) is 7. The highest BCUT2D eigenvalue weighted by Gasteiger charge is 2.44. The standard InChI is InChI=1S/C6H12O7/c7-1-2-3(8)4(9)5(10)6(12-2)13-11/h2-11H,1H2/t2?,3-,4?,5?,6-/m0/s1. The second-order valence-electron chi connectivity index (χ2n) is 2.80. The molecule has 1 aliphatic heterocycles. The van der Waals surface area contributed by atoms with Gasteiger partial charge in [-0.2, -0.15) is 0 Å². The minimum Gasteiger partial charge on any atom is -0.394 e. The highest BCUT2D eigenvalue weighted by atomic mass is 17.1. The Kier molecular flexibility index (Phi) is 3.56. The first kappa shape index (κ1) is 10.8. The molecule has 3 unspecified atom stereocenters. The van der Waals surface area contributed by atoms with E-state index in [1.54, 1.807) is 0 Å². The van der Waals surface area contributed by atoms with E-state index in [9.17, 15) is 5.11 Å². The largest absolute Gasteiger partial charge is 0.394 e. The van der Waals surface area contributed by atoms with E-state index >= 15 is 0 Å². The molecule has 0 bridgehead atoms. The van der Waals surface area contributed by atoms with E-state index in [0.717, 1.165) is 0 Å². The van der Waals surface area contributed by atoms with Gasteiger partial charge in [0.1, 0.15) is 24.4 Å². The second-order valence-corrected chi connectivity index (χ2v) is 2.80. The Morgan fingerprint density at radius 2 is 1.69 bits per heavy atom. The summed E-state index contributed by atoms with van der Waals surface area (Å²) in [7, 11) is 0. The maximum Gasteiger partial charge on any atom is 0.220 e. The van der Waals surface area contributed by atoms with E-state index < -0.39 is 37.3 Å². The van der Waals surface area contributed by atoms with Crippen LogP contribution >= 0.6 is 0 Å². The lowest BCUT2D eigenvalue weighted by molar-refractivity contribution is -0.404. The molecule has 7 nitrogen and oxygen atoms in total. The van der Waals surface area contributed by atoms with E-state index in [0.29, 0.717) is 0 Å². The molecule has 7 heteroatoms. The van der Waals surface area contributed by atoms with Gasteiger partial charge in [0, 0.05) is 0 Å². The van der Waals surface area contributed by atoms with Crippen molar-refractivity contribution in [3.63, 3.8) is 0 Å². The summed E-state index contributed by atoms with van der Waals surface area (Å²) < 4.78 is 4.70. The number of aliphatic hydroxyl groups excluding tert-OH is 4. The third-order valence-electron chi connectivity index (χ3n) is 1.95. The second kappa shape index (κ2) is 4.29. The number of hydrogen-bond donors (Lipinski definition) is 5. The molecule has 0 saturated carbocycles. The Hall–Kier alpha value is -0.280. The van der Waals surface area contributed by atoms with Crippen LogP contribution in [0.5, 0.6) is 0 Å². The quantitative estimate of drug-likeness (QED) is 0.240. The molecule has 1 heterocycles. The zero-order valence-corrected chi connectivity index (χ0v) is 6.65. The zero-order valence-electron chi connectivity index (χ0n) is 6.65. The van der Waals surface area contributed by atoms with Crippen molar-refractivity contribution in [3.8, 4) is 0 Å². The fraction of sp³-hybridized carbons (Fsp3) is 1.00. The van der Waals surface area contributed by atoms with Crippen molar-refractivity contribution in [1.82, 2.24) is 0 Å². The summed E-state index contributed by atoms with van der Waals surface area (Å²) in [6.07, 6.45) is -7.04. The molecule has 0 aliphatic carbocycles. The molecule has 1 aliphatic rings. The van der Waals surface area contributed by atoms with E-state index in [4.69, 9.17) is 25.3 Å². The summed E-state index contributed by atoms with van der Waals surface area (Å²) in [5.74, 6) is 0. The Labute approximate surface area is 73.7 Å². The zero-order chi connectivity index (χ0) is 10.0. The van der Waals surface area contributed by atoms with E-state index in [-0.39, 0.29) is 0 Å². The predicted octanol–water partition coefficient (Wildman–Crippen LogP) is -2.72. The molecule has 0 aromatic rings. The van der Waals surface area contributed by atoms with Crippen LogP contribution in [0, 0.1) is 0 Å². The van der Waals surface area contributed by atoms with Gasteiger partial charge in [-0.25, -0.2) is 10.1 Å². The molecule has 1 rings (SSSR count). The molecule has 0 aromatic carbocycles. The fourth-order valence-electron chi connectivity index (χ4n) is 1.15. The van der Waals surface area contributed by atoms with Gasteiger partial charge in [0.15, 0.2) is 0 Å². The van der Waals surface area contributed by atoms with Crippen molar-refractivity contribution < 1.29 is 35.3 Å². The molecule has 13 heavy (non-hydrogen) atoms. The van der Waals surface area contributed by atoms with Gasteiger partial charge in [0.2, 0.25) is 6.29 Å². The third-order valence-corrected chi connectivity index (χ3v) is 1.95. The van der Waals surface area contributed by atoms with Crippen molar-refractivity contribution in [2.24, 2.45) is 0 Å². The first-order chi connectivity index (χ1) is 6.11. The van der Waals surface area contributed by atoms with Gasteiger partial charge in [-0.05, 0) is 0 Å². The average molecular weight is 196 g/mol. The number of aliphatic hydroxyl groups is 4. The van der Waals surface area contributed by atoms with Crippen LogP contribution in [0.2, 0.25) is 0 Å². The van der Waals surface area contributed by atoms with Crippen LogP contribution in [0.15, 0.2) is 0 Å². The van der Waals surface area contributed by atoms with Crippen molar-refractivity contribution in [1.29, 1.82) is 0 Å². The van der Waals surface area contributed by atoms with Crippen LogP contribution in [0.25, 0.3) is 0 Å². The topological polar surface area (TPSA) is 120 Å². The van der Waals surface area contributed by atoms with Crippen LogP contribution < -0.4 is 0 Å². The Morgan fingerprint density at radius 3 is 2.15 bits per heavy atom. The van der Waals surface area contributed by atoms with Gasteiger partial charge in [-0.3, -0.25) is 0 Å². The van der Waals surface area contributed by atoms with E-state index in [1.165, 1.54) is 0 Å². The molecular formula is C6H12O7. The highest BCUT2D eigenvalue weighted by Crippen LogP contribution is 2.20. The van der Waals surface area contributed by atoms with Gasteiger partial charge in [0.05, 0.1) is 6.61 Å². The van der Waals surface area contributed by atoms with Gasteiger partial charge in [-0.15, -0.1) is 0 Å². The summed E-state index contributed by atoms with van der Waals surface area (Å²) in [5.41, 5.74) is 0. The average Bonchev–Trinajstić information content (AvgIpc) is 2.15. The summed E-state index contributed by atoms with van der Waals surface area (Å²) in [6.45, 7) is -0.551. The molecule has 78 valence electrons. The SMILES string of the molecule is OCC1O[C@@H](OO)C(O)C(O)[C@H]1O. The van der Waals surface area contributed by atoms with Gasteiger partial charge in [-0.1, -0.05) is 0 Å². The summed E-state index contributed by atoms with van der Waals surface area (Å²) in [4.78, 5) is 3.70. The van der Waals surface area contributed by atoms with Gasteiger partial charge < -0.3 is 25.2 Å². The number of rotatable bonds is 2. The molecule has 5 atom stereocenters. The van der Waals surface area contributed by atoms with Crippen LogP contribution in [-0.4, -0.2) is 63.0 Å². The van der Waals surface area contributed by atoms with Crippen LogP contribution in [-0.2, 0) is 9.62 Å². The van der Waals surface area contributed by atoms with Crippen molar-refractivity contribution >= 4 is 0 Å². The normalized spacial score (nSPS) is 46.4. The maximum atomic E-state index is 9.19. The van der Waals surface area contributed by atoms with Crippen LogP contribution in [0.4, 0.5) is 0 Å². The molecule has 0 amide bonds. The monoisotopic (exact) mass is 196 g/mol. The van der Waals surface area contributed by atoms with Crippen molar-refractivity contribution in [2.45, 2.75) is 30.7 Å². The van der Waals surface area contributed by atoms with Crippen molar-refractivity contribution in [3.05, 3.63) is 0 Å². The highest BCUT2D eigenvalue weighted by molar-refractivity contribution is 4.88. The van der Waals surface area contributed by atoms with Crippen LogP contribution in [0.3, 0.4) is 0 Å². The lowest BCUT2D eigenvalue weighted by Gasteiger charge is -2.37. The lowest BCUT2D eigenvalue weighted by atomic mass is 9.99. The summed E-state index contributed by atoms with van der Waals surface area (Å²) >= 11 is 0. The van der Waals surface area contributed by atoms with E-state index in [2.05, 4.69) is 4.89 Å². The molecule has 1 fully saturated rings. The minimum absolute atomic E-state index is 0.551. The first-order valence-electron chi connectivity index (χ1n) is 3.72. The lowest BCUT2D eigenvalue weighted by Crippen LogP contribution is -2.58. The molecule has 0 spiro atoms. The Morgan fingerprint density at radius 1 is 1.08 bits per heavy atom.